The number of amides is 2. The van der Waals surface area contributed by atoms with Crippen molar-refractivity contribution in [3.05, 3.63) is 63.6 Å². The highest BCUT2D eigenvalue weighted by Gasteiger charge is 2.07. The second kappa shape index (κ2) is 9.30. The van der Waals surface area contributed by atoms with Crippen LogP contribution in [0.25, 0.3) is 0 Å². The van der Waals surface area contributed by atoms with Crippen molar-refractivity contribution < 1.29 is 14.3 Å². The van der Waals surface area contributed by atoms with Gasteiger partial charge in [-0.3, -0.25) is 9.59 Å². The van der Waals surface area contributed by atoms with Gasteiger partial charge in [0.2, 0.25) is 0 Å². The van der Waals surface area contributed by atoms with Crippen molar-refractivity contribution in [3.63, 3.8) is 0 Å². The Morgan fingerprint density at radius 2 is 1.80 bits per heavy atom. The monoisotopic (exact) mass is 380 g/mol. The molecular weight excluding hydrogens is 363 g/mol. The number of ether oxygens (including phenoxy) is 1. The summed E-state index contributed by atoms with van der Waals surface area (Å²) in [5.74, 6) is -0.105. The standard InChI is InChI=1S/C18H18Cl2N2O3/c1-12-3-2-4-13(9-12)18(24)22-8-7-21-17(23)11-25-16-6-5-14(19)10-15(16)20/h2-6,9-10H,7-8,11H2,1H3,(H,21,23)(H,22,24). The van der Waals surface area contributed by atoms with Crippen LogP contribution in [0.1, 0.15) is 15.9 Å². The first-order valence-electron chi connectivity index (χ1n) is 7.65. The van der Waals surface area contributed by atoms with Gasteiger partial charge in [-0.25, -0.2) is 0 Å². The van der Waals surface area contributed by atoms with Gasteiger partial charge in [0.25, 0.3) is 11.8 Å². The Bertz CT molecular complexity index is 766. The molecule has 2 aromatic carbocycles. The molecule has 0 saturated carbocycles. The molecule has 0 aliphatic rings. The van der Waals surface area contributed by atoms with Gasteiger partial charge in [-0.1, -0.05) is 40.9 Å². The van der Waals surface area contributed by atoms with Gasteiger partial charge >= 0.3 is 0 Å². The van der Waals surface area contributed by atoms with Crippen LogP contribution < -0.4 is 15.4 Å². The van der Waals surface area contributed by atoms with E-state index in [2.05, 4.69) is 10.6 Å². The molecule has 0 aliphatic carbocycles. The maximum Gasteiger partial charge on any atom is 0.258 e. The molecular formula is C18H18Cl2N2O3. The SMILES string of the molecule is Cc1cccc(C(=O)NCCNC(=O)COc2ccc(Cl)cc2Cl)c1. The topological polar surface area (TPSA) is 67.4 Å². The van der Waals surface area contributed by atoms with Crippen LogP contribution in [0.2, 0.25) is 10.0 Å². The highest BCUT2D eigenvalue weighted by atomic mass is 35.5. The van der Waals surface area contributed by atoms with Crippen molar-refractivity contribution in [2.24, 2.45) is 0 Å². The summed E-state index contributed by atoms with van der Waals surface area (Å²) in [6.45, 7) is 2.37. The van der Waals surface area contributed by atoms with Gasteiger partial charge < -0.3 is 15.4 Å². The molecule has 0 radical (unpaired) electrons. The Morgan fingerprint density at radius 1 is 1.04 bits per heavy atom. The third-order valence-corrected chi connectivity index (χ3v) is 3.80. The molecule has 0 aromatic heterocycles. The van der Waals surface area contributed by atoms with Gasteiger partial charge in [0, 0.05) is 23.7 Å². The van der Waals surface area contributed by atoms with Gasteiger partial charge in [0.05, 0.1) is 5.02 Å². The molecule has 0 bridgehead atoms. The number of nitrogens with one attached hydrogen (secondary N) is 2. The van der Waals surface area contributed by atoms with Crippen molar-refractivity contribution >= 4 is 35.0 Å². The number of carbonyl (C=O) groups is 2. The Hall–Kier alpha value is -2.24. The zero-order valence-electron chi connectivity index (χ0n) is 13.6. The lowest BCUT2D eigenvalue weighted by Gasteiger charge is -2.10. The van der Waals surface area contributed by atoms with Crippen LogP contribution in [-0.2, 0) is 4.79 Å². The molecule has 0 saturated heterocycles. The summed E-state index contributed by atoms with van der Waals surface area (Å²) in [6.07, 6.45) is 0. The second-order valence-electron chi connectivity index (χ2n) is 5.34. The molecule has 0 aliphatic heterocycles. The van der Waals surface area contributed by atoms with Gasteiger partial charge in [0.1, 0.15) is 5.75 Å². The third-order valence-electron chi connectivity index (χ3n) is 3.27. The predicted molar refractivity (Wildman–Crippen MR) is 98.5 cm³/mol. The summed E-state index contributed by atoms with van der Waals surface area (Å²) < 4.78 is 5.32. The molecule has 0 atom stereocenters. The van der Waals surface area contributed by atoms with Crippen LogP contribution >= 0.6 is 23.2 Å². The Morgan fingerprint density at radius 3 is 2.52 bits per heavy atom. The Balaban J connectivity index is 1.67. The van der Waals surface area contributed by atoms with E-state index in [0.717, 1.165) is 5.56 Å². The van der Waals surface area contributed by atoms with Crippen molar-refractivity contribution in [1.29, 1.82) is 0 Å². The average molecular weight is 381 g/mol. The summed E-state index contributed by atoms with van der Waals surface area (Å²) in [4.78, 5) is 23.7. The Kier molecular flexibility index (Phi) is 7.10. The molecule has 2 N–H and O–H groups in total. The number of carbonyl (C=O) groups excluding carboxylic acids is 2. The van der Waals surface area contributed by atoms with Crippen LogP contribution in [0, 0.1) is 6.92 Å². The summed E-state index contributed by atoms with van der Waals surface area (Å²) in [5.41, 5.74) is 1.60. The number of aryl methyl sites for hydroxylation is 1. The lowest BCUT2D eigenvalue weighted by Crippen LogP contribution is -2.36. The number of halogens is 2. The quantitative estimate of drug-likeness (QED) is 0.724. The molecule has 25 heavy (non-hydrogen) atoms. The normalized spacial score (nSPS) is 10.2. The Labute approximate surface area is 156 Å². The average Bonchev–Trinajstić information content (AvgIpc) is 2.57. The third kappa shape index (κ3) is 6.29. The van der Waals surface area contributed by atoms with E-state index in [4.69, 9.17) is 27.9 Å². The van der Waals surface area contributed by atoms with Crippen molar-refractivity contribution in [3.8, 4) is 5.75 Å². The first-order valence-corrected chi connectivity index (χ1v) is 8.41. The molecule has 0 spiro atoms. The highest BCUT2D eigenvalue weighted by Crippen LogP contribution is 2.27. The fourth-order valence-corrected chi connectivity index (χ4v) is 2.52. The zero-order valence-corrected chi connectivity index (χ0v) is 15.2. The minimum atomic E-state index is -0.309. The molecule has 5 nitrogen and oxygen atoms in total. The van der Waals surface area contributed by atoms with Gasteiger partial charge in [0.15, 0.2) is 6.61 Å². The minimum Gasteiger partial charge on any atom is -0.482 e. The van der Waals surface area contributed by atoms with Gasteiger partial charge in [-0.2, -0.15) is 0 Å². The predicted octanol–water partition coefficient (Wildman–Crippen LogP) is 3.23. The molecule has 0 fully saturated rings. The molecule has 7 heteroatoms. The minimum absolute atomic E-state index is 0.173. The van der Waals surface area contributed by atoms with E-state index < -0.39 is 0 Å². The van der Waals surface area contributed by atoms with Gasteiger partial charge in [-0.15, -0.1) is 0 Å². The van der Waals surface area contributed by atoms with Crippen LogP contribution in [0.4, 0.5) is 0 Å². The van der Waals surface area contributed by atoms with E-state index >= 15 is 0 Å². The van der Waals surface area contributed by atoms with Crippen LogP contribution in [0.15, 0.2) is 42.5 Å². The smallest absolute Gasteiger partial charge is 0.258 e. The molecule has 2 rings (SSSR count). The fraction of sp³-hybridized carbons (Fsp3) is 0.222. The van der Waals surface area contributed by atoms with Crippen LogP contribution in [0.5, 0.6) is 5.75 Å². The maximum absolute atomic E-state index is 11.9. The number of rotatable bonds is 7. The largest absolute Gasteiger partial charge is 0.482 e. The summed E-state index contributed by atoms with van der Waals surface area (Å²) in [7, 11) is 0. The lowest BCUT2D eigenvalue weighted by atomic mass is 10.1. The first kappa shape index (κ1) is 19.1. The van der Waals surface area contributed by atoms with Crippen molar-refractivity contribution in [2.75, 3.05) is 19.7 Å². The lowest BCUT2D eigenvalue weighted by molar-refractivity contribution is -0.123. The zero-order chi connectivity index (χ0) is 18.2. The van der Waals surface area contributed by atoms with E-state index in [1.54, 1.807) is 24.3 Å². The van der Waals surface area contributed by atoms with Crippen molar-refractivity contribution in [1.82, 2.24) is 10.6 Å². The van der Waals surface area contributed by atoms with E-state index in [-0.39, 0.29) is 18.4 Å². The molecule has 0 heterocycles. The summed E-state index contributed by atoms with van der Waals surface area (Å²) in [5, 5.41) is 6.23. The number of benzene rings is 2. The maximum atomic E-state index is 11.9. The molecule has 0 unspecified atom stereocenters. The molecule has 2 amide bonds. The molecule has 2 aromatic rings. The number of hydrogen-bond acceptors (Lipinski definition) is 3. The van der Waals surface area contributed by atoms with Crippen molar-refractivity contribution in [2.45, 2.75) is 6.92 Å². The number of hydrogen-bond donors (Lipinski definition) is 2. The van der Waals surface area contributed by atoms with E-state index in [0.29, 0.717) is 34.4 Å². The van der Waals surface area contributed by atoms with Crippen LogP contribution in [0.3, 0.4) is 0 Å². The second-order valence-corrected chi connectivity index (χ2v) is 6.18. The van der Waals surface area contributed by atoms with E-state index in [9.17, 15) is 9.59 Å². The van der Waals surface area contributed by atoms with E-state index in [1.165, 1.54) is 6.07 Å². The fourth-order valence-electron chi connectivity index (χ4n) is 2.05. The summed E-state index contributed by atoms with van der Waals surface area (Å²) in [6, 6.07) is 12.1. The molecule has 132 valence electrons. The van der Waals surface area contributed by atoms with E-state index in [1.807, 2.05) is 19.1 Å². The van der Waals surface area contributed by atoms with Gasteiger partial charge in [-0.05, 0) is 37.3 Å². The summed E-state index contributed by atoms with van der Waals surface area (Å²) >= 11 is 11.7. The first-order chi connectivity index (χ1) is 12.0. The van der Waals surface area contributed by atoms with Crippen LogP contribution in [-0.4, -0.2) is 31.5 Å². The highest BCUT2D eigenvalue weighted by molar-refractivity contribution is 6.35.